The van der Waals surface area contributed by atoms with E-state index in [1.165, 1.54) is 0 Å². The summed E-state index contributed by atoms with van der Waals surface area (Å²) in [6.45, 7) is 4.20. The van der Waals surface area contributed by atoms with E-state index in [1.807, 2.05) is 6.92 Å². The van der Waals surface area contributed by atoms with Crippen LogP contribution in [-0.2, 0) is 19.0 Å². The molecule has 3 N–H and O–H groups in total. The lowest BCUT2D eigenvalue weighted by Crippen LogP contribution is -2.73. The zero-order chi connectivity index (χ0) is 19.0. The molecule has 0 aromatic rings. The highest BCUT2D eigenvalue weighted by molar-refractivity contribution is 5.92. The predicted molar refractivity (Wildman–Crippen MR) is 90.5 cm³/mol. The Morgan fingerprint density at radius 3 is 2.78 bits per heavy atom. The van der Waals surface area contributed by atoms with Crippen molar-refractivity contribution < 1.29 is 34.3 Å². The minimum absolute atomic E-state index is 0.103. The third-order valence-electron chi connectivity index (χ3n) is 8.96. The Balaban J connectivity index is 1.45. The number of hydrogen-bond acceptors (Lipinski definition) is 7. The molecule has 2 saturated carbocycles. The van der Waals surface area contributed by atoms with Gasteiger partial charge >= 0.3 is 5.97 Å². The number of carbonyl (C=O) groups is 1. The van der Waals surface area contributed by atoms with E-state index in [-0.39, 0.29) is 42.0 Å². The van der Waals surface area contributed by atoms with Crippen LogP contribution in [0.1, 0.15) is 39.5 Å². The average molecular weight is 378 g/mol. The van der Waals surface area contributed by atoms with Crippen LogP contribution in [0.4, 0.5) is 0 Å². The second-order valence-electron chi connectivity index (χ2n) is 9.67. The van der Waals surface area contributed by atoms with E-state index < -0.39 is 22.9 Å². The first-order valence-corrected chi connectivity index (χ1v) is 10.0. The Bertz CT molecular complexity index is 793. The summed E-state index contributed by atoms with van der Waals surface area (Å²) in [6.07, 6.45) is 0.694. The molecule has 3 aliphatic heterocycles. The van der Waals surface area contributed by atoms with Crippen LogP contribution in [0.3, 0.4) is 0 Å². The van der Waals surface area contributed by atoms with Gasteiger partial charge in [0.2, 0.25) is 0 Å². The molecule has 1 unspecified atom stereocenters. The molecule has 0 aromatic heterocycles. The Morgan fingerprint density at radius 2 is 2.04 bits per heavy atom. The van der Waals surface area contributed by atoms with Gasteiger partial charge in [-0.3, -0.25) is 0 Å². The highest BCUT2D eigenvalue weighted by Gasteiger charge is 2.93. The molecule has 27 heavy (non-hydrogen) atoms. The molecule has 3 heterocycles. The van der Waals surface area contributed by atoms with Crippen LogP contribution in [0.2, 0.25) is 0 Å². The van der Waals surface area contributed by atoms with Crippen molar-refractivity contribution in [2.75, 3.05) is 13.2 Å². The summed E-state index contributed by atoms with van der Waals surface area (Å²) in [5.74, 6) is -0.383. The maximum atomic E-state index is 12.0. The number of cyclic esters (lactones) is 1. The number of hydrogen-bond donors (Lipinski definition) is 3. The van der Waals surface area contributed by atoms with Gasteiger partial charge in [0.1, 0.15) is 41.7 Å². The monoisotopic (exact) mass is 378 g/mol. The third-order valence-corrected chi connectivity index (χ3v) is 8.96. The van der Waals surface area contributed by atoms with Crippen molar-refractivity contribution in [3.63, 3.8) is 0 Å². The van der Waals surface area contributed by atoms with Crippen molar-refractivity contribution in [1.29, 1.82) is 0 Å². The SMILES string of the molecule is CC(CO)[C@]12O[C@H]1[C@@H]1O[C@@]13[C@@]1(C)CCC4=C(COC4=O)[C@@H]1CC[C@@]3(O)[C@@H]2O. The van der Waals surface area contributed by atoms with Gasteiger partial charge in [0.05, 0.1) is 0 Å². The number of esters is 1. The fourth-order valence-corrected chi connectivity index (χ4v) is 7.42. The first-order valence-electron chi connectivity index (χ1n) is 10.0. The fraction of sp³-hybridized carbons (Fsp3) is 0.850. The van der Waals surface area contributed by atoms with Gasteiger partial charge in [0.25, 0.3) is 0 Å². The molecule has 6 aliphatic rings. The first-order chi connectivity index (χ1) is 12.8. The molecule has 4 fully saturated rings. The van der Waals surface area contributed by atoms with Crippen LogP contribution in [0.5, 0.6) is 0 Å². The second-order valence-corrected chi connectivity index (χ2v) is 9.67. The molecule has 9 atom stereocenters. The minimum Gasteiger partial charge on any atom is -0.458 e. The maximum Gasteiger partial charge on any atom is 0.334 e. The number of ether oxygens (including phenoxy) is 3. The van der Waals surface area contributed by atoms with E-state index in [4.69, 9.17) is 14.2 Å². The van der Waals surface area contributed by atoms with E-state index in [0.717, 1.165) is 11.1 Å². The van der Waals surface area contributed by atoms with Gasteiger partial charge < -0.3 is 29.5 Å². The summed E-state index contributed by atoms with van der Waals surface area (Å²) in [6, 6.07) is 0. The molecule has 148 valence electrons. The summed E-state index contributed by atoms with van der Waals surface area (Å²) < 4.78 is 17.6. The number of aliphatic hydroxyl groups excluding tert-OH is 2. The fourth-order valence-electron chi connectivity index (χ4n) is 7.42. The van der Waals surface area contributed by atoms with Crippen molar-refractivity contribution >= 4 is 5.97 Å². The summed E-state index contributed by atoms with van der Waals surface area (Å²) in [5.41, 5.74) is -1.74. The third kappa shape index (κ3) is 1.50. The van der Waals surface area contributed by atoms with Crippen molar-refractivity contribution in [2.24, 2.45) is 17.3 Å². The van der Waals surface area contributed by atoms with Crippen LogP contribution in [0.25, 0.3) is 0 Å². The first kappa shape index (κ1) is 16.9. The highest BCUT2D eigenvalue weighted by atomic mass is 16.7. The molecular formula is C20H26O7. The zero-order valence-corrected chi connectivity index (χ0v) is 15.6. The van der Waals surface area contributed by atoms with Gasteiger partial charge in [-0.15, -0.1) is 0 Å². The predicted octanol–water partition coefficient (Wildman–Crippen LogP) is 0.0591. The summed E-state index contributed by atoms with van der Waals surface area (Å²) in [7, 11) is 0. The molecule has 6 rings (SSSR count). The molecule has 2 saturated heterocycles. The molecular weight excluding hydrogens is 352 g/mol. The quantitative estimate of drug-likeness (QED) is 0.460. The van der Waals surface area contributed by atoms with Crippen molar-refractivity contribution in [2.45, 2.75) is 74.6 Å². The topological polar surface area (TPSA) is 112 Å². The number of rotatable bonds is 2. The summed E-state index contributed by atoms with van der Waals surface area (Å²) >= 11 is 0. The largest absolute Gasteiger partial charge is 0.458 e. The average Bonchev–Trinajstić information content (AvgIpc) is 3.53. The van der Waals surface area contributed by atoms with E-state index in [2.05, 4.69) is 6.92 Å². The minimum atomic E-state index is -1.42. The lowest BCUT2D eigenvalue weighted by atomic mass is 9.45. The maximum absolute atomic E-state index is 12.0. The number of carbonyl (C=O) groups excluding carboxylic acids is 1. The van der Waals surface area contributed by atoms with Gasteiger partial charge in [-0.05, 0) is 37.2 Å². The standard InChI is InChI=1S/C20H26O7/c1-9(7-21)19-13(26-19)14-20(27-14)17(2)5-3-10-11(8-25-15(10)22)12(17)4-6-18(20,24)16(19)23/h9,12-14,16,21,23-24H,3-8H2,1-2H3/t9?,12-,13-,14-,16-,17-,18+,19-,20+/m0/s1. The molecule has 0 bridgehead atoms. The normalized spacial score (nSPS) is 58.3. The smallest absolute Gasteiger partial charge is 0.334 e. The van der Waals surface area contributed by atoms with Crippen LogP contribution in [0, 0.1) is 17.3 Å². The van der Waals surface area contributed by atoms with E-state index in [9.17, 15) is 20.1 Å². The molecule has 7 nitrogen and oxygen atoms in total. The highest BCUT2D eigenvalue weighted by Crippen LogP contribution is 2.77. The van der Waals surface area contributed by atoms with Crippen LogP contribution in [-0.4, -0.2) is 69.6 Å². The van der Waals surface area contributed by atoms with Gasteiger partial charge in [0, 0.05) is 23.5 Å². The van der Waals surface area contributed by atoms with E-state index in [0.29, 0.717) is 32.3 Å². The van der Waals surface area contributed by atoms with Gasteiger partial charge in [-0.25, -0.2) is 4.79 Å². The molecule has 0 radical (unpaired) electrons. The molecule has 7 heteroatoms. The van der Waals surface area contributed by atoms with E-state index in [1.54, 1.807) is 0 Å². The van der Waals surface area contributed by atoms with Crippen LogP contribution < -0.4 is 0 Å². The second kappa shape index (κ2) is 4.60. The lowest BCUT2D eigenvalue weighted by molar-refractivity contribution is -0.219. The van der Waals surface area contributed by atoms with Gasteiger partial charge in [-0.1, -0.05) is 13.8 Å². The van der Waals surface area contributed by atoms with Gasteiger partial charge in [0.15, 0.2) is 0 Å². The molecule has 0 aromatic carbocycles. The Labute approximate surface area is 157 Å². The lowest BCUT2D eigenvalue weighted by Gasteiger charge is -2.59. The summed E-state index contributed by atoms with van der Waals surface area (Å²) in [4.78, 5) is 12.0. The molecule has 0 amide bonds. The van der Waals surface area contributed by atoms with Crippen molar-refractivity contribution in [1.82, 2.24) is 0 Å². The molecule has 1 spiro atoms. The number of aliphatic hydroxyl groups is 3. The molecule has 3 aliphatic carbocycles. The zero-order valence-electron chi connectivity index (χ0n) is 15.6. The Kier molecular flexibility index (Phi) is 2.88. The number of fused-ring (bicyclic) bond motifs is 4. The Hall–Kier alpha value is -0.990. The summed E-state index contributed by atoms with van der Waals surface area (Å²) in [5, 5.41) is 32.8. The van der Waals surface area contributed by atoms with E-state index >= 15 is 0 Å². The number of epoxide rings is 2. The van der Waals surface area contributed by atoms with Crippen LogP contribution in [0.15, 0.2) is 11.1 Å². The van der Waals surface area contributed by atoms with Crippen LogP contribution >= 0.6 is 0 Å². The van der Waals surface area contributed by atoms with Gasteiger partial charge in [-0.2, -0.15) is 0 Å². The van der Waals surface area contributed by atoms with Crippen molar-refractivity contribution in [3.05, 3.63) is 11.1 Å². The Morgan fingerprint density at radius 1 is 1.26 bits per heavy atom. The van der Waals surface area contributed by atoms with Crippen molar-refractivity contribution in [3.8, 4) is 0 Å².